The molecule has 0 amide bonds. The van der Waals surface area contributed by atoms with Crippen LogP contribution in [0.4, 0.5) is 0 Å². The number of aliphatic hydroxyl groups is 1. The number of ether oxygens (including phenoxy) is 1. The van der Waals surface area contributed by atoms with E-state index >= 15 is 0 Å². The van der Waals surface area contributed by atoms with Gasteiger partial charge >= 0.3 is 0 Å². The summed E-state index contributed by atoms with van der Waals surface area (Å²) in [6.07, 6.45) is 1.03. The van der Waals surface area contributed by atoms with E-state index in [0.717, 1.165) is 30.8 Å². The molecule has 2 aromatic rings. The molecule has 2 atom stereocenters. The van der Waals surface area contributed by atoms with Crippen LogP contribution in [-0.4, -0.2) is 42.4 Å². The van der Waals surface area contributed by atoms with E-state index in [9.17, 15) is 5.11 Å². The number of rotatable bonds is 7. The summed E-state index contributed by atoms with van der Waals surface area (Å²) in [6.45, 7) is 2.92. The van der Waals surface area contributed by atoms with Crippen LogP contribution in [-0.2, 0) is 6.42 Å². The SMILES string of the molecule is N#CCc1ccc(OC[C@@H](O)CN2CC[C@H](c3ccccc3)C2)cc1. The number of likely N-dealkylation sites (tertiary alicyclic amines) is 1. The average molecular weight is 336 g/mol. The fraction of sp³-hybridized carbons (Fsp3) is 0.381. The maximum absolute atomic E-state index is 10.3. The monoisotopic (exact) mass is 336 g/mol. The Bertz CT molecular complexity index is 694. The van der Waals surface area contributed by atoms with Crippen molar-refractivity contribution in [3.8, 4) is 11.8 Å². The summed E-state index contributed by atoms with van der Waals surface area (Å²) in [5.74, 6) is 1.28. The largest absolute Gasteiger partial charge is 0.491 e. The predicted molar refractivity (Wildman–Crippen MR) is 97.5 cm³/mol. The topological polar surface area (TPSA) is 56.5 Å². The normalized spacial score (nSPS) is 18.6. The molecule has 25 heavy (non-hydrogen) atoms. The summed E-state index contributed by atoms with van der Waals surface area (Å²) in [5, 5.41) is 18.9. The Hall–Kier alpha value is -2.35. The Morgan fingerprint density at radius 3 is 2.64 bits per heavy atom. The second-order valence-corrected chi connectivity index (χ2v) is 6.60. The molecule has 0 aliphatic carbocycles. The van der Waals surface area contributed by atoms with Crippen molar-refractivity contribution in [2.24, 2.45) is 0 Å². The van der Waals surface area contributed by atoms with E-state index in [1.807, 2.05) is 30.3 Å². The van der Waals surface area contributed by atoms with Crippen LogP contribution < -0.4 is 4.74 Å². The van der Waals surface area contributed by atoms with Gasteiger partial charge in [0.15, 0.2) is 0 Å². The van der Waals surface area contributed by atoms with Gasteiger partial charge in [-0.3, -0.25) is 0 Å². The average Bonchev–Trinajstić information content (AvgIpc) is 3.11. The van der Waals surface area contributed by atoms with Gasteiger partial charge in [-0.1, -0.05) is 42.5 Å². The van der Waals surface area contributed by atoms with E-state index in [1.165, 1.54) is 5.56 Å². The van der Waals surface area contributed by atoms with Crippen molar-refractivity contribution in [3.63, 3.8) is 0 Å². The summed E-state index contributed by atoms with van der Waals surface area (Å²) < 4.78 is 5.66. The van der Waals surface area contributed by atoms with Gasteiger partial charge in [0.25, 0.3) is 0 Å². The Morgan fingerprint density at radius 2 is 1.92 bits per heavy atom. The van der Waals surface area contributed by atoms with Crippen LogP contribution in [0.1, 0.15) is 23.5 Å². The number of hydrogen-bond acceptors (Lipinski definition) is 4. The van der Waals surface area contributed by atoms with Gasteiger partial charge in [0.1, 0.15) is 18.5 Å². The lowest BCUT2D eigenvalue weighted by Crippen LogP contribution is -2.34. The van der Waals surface area contributed by atoms with E-state index in [-0.39, 0.29) is 6.61 Å². The van der Waals surface area contributed by atoms with Crippen LogP contribution in [0.5, 0.6) is 5.75 Å². The maximum atomic E-state index is 10.3. The van der Waals surface area contributed by atoms with Crippen molar-refractivity contribution in [3.05, 3.63) is 65.7 Å². The van der Waals surface area contributed by atoms with Crippen molar-refractivity contribution in [2.75, 3.05) is 26.2 Å². The summed E-state index contributed by atoms with van der Waals surface area (Å²) in [5.41, 5.74) is 2.35. The van der Waals surface area contributed by atoms with Crippen LogP contribution in [0.2, 0.25) is 0 Å². The van der Waals surface area contributed by atoms with Gasteiger partial charge in [0, 0.05) is 13.1 Å². The van der Waals surface area contributed by atoms with Crippen molar-refractivity contribution in [1.82, 2.24) is 4.90 Å². The zero-order chi connectivity index (χ0) is 17.5. The van der Waals surface area contributed by atoms with Gasteiger partial charge in [0.2, 0.25) is 0 Å². The minimum absolute atomic E-state index is 0.282. The predicted octanol–water partition coefficient (Wildman–Crippen LogP) is 2.98. The van der Waals surface area contributed by atoms with Crippen molar-refractivity contribution < 1.29 is 9.84 Å². The first-order valence-corrected chi connectivity index (χ1v) is 8.78. The van der Waals surface area contributed by atoms with Crippen molar-refractivity contribution in [2.45, 2.75) is 24.9 Å². The van der Waals surface area contributed by atoms with Crippen molar-refractivity contribution in [1.29, 1.82) is 5.26 Å². The molecule has 0 bridgehead atoms. The smallest absolute Gasteiger partial charge is 0.119 e. The van der Waals surface area contributed by atoms with Gasteiger partial charge in [-0.25, -0.2) is 0 Å². The first-order valence-electron chi connectivity index (χ1n) is 8.78. The molecule has 130 valence electrons. The molecule has 0 saturated carbocycles. The Kier molecular flexibility index (Phi) is 6.05. The third kappa shape index (κ3) is 5.06. The molecule has 4 nitrogen and oxygen atoms in total. The molecule has 1 saturated heterocycles. The fourth-order valence-corrected chi connectivity index (χ4v) is 3.33. The highest BCUT2D eigenvalue weighted by Gasteiger charge is 2.25. The number of aliphatic hydroxyl groups excluding tert-OH is 1. The number of hydrogen-bond donors (Lipinski definition) is 1. The van der Waals surface area contributed by atoms with Crippen LogP contribution in [0.15, 0.2) is 54.6 Å². The summed E-state index contributed by atoms with van der Waals surface area (Å²) in [7, 11) is 0. The van der Waals surface area contributed by atoms with Crippen molar-refractivity contribution >= 4 is 0 Å². The molecular formula is C21H24N2O2. The zero-order valence-electron chi connectivity index (χ0n) is 14.3. The lowest BCUT2D eigenvalue weighted by molar-refractivity contribution is 0.0754. The van der Waals surface area contributed by atoms with Crippen LogP contribution in [0, 0.1) is 11.3 Å². The Balaban J connectivity index is 1.42. The van der Waals surface area contributed by atoms with Gasteiger partial charge in [-0.2, -0.15) is 5.26 Å². The summed E-state index contributed by atoms with van der Waals surface area (Å²) in [4.78, 5) is 2.31. The lowest BCUT2D eigenvalue weighted by atomic mass is 9.99. The second kappa shape index (κ2) is 8.66. The molecule has 1 aliphatic heterocycles. The molecule has 2 aromatic carbocycles. The Morgan fingerprint density at radius 1 is 1.16 bits per heavy atom. The third-order valence-electron chi connectivity index (χ3n) is 4.66. The fourth-order valence-electron chi connectivity index (χ4n) is 3.33. The third-order valence-corrected chi connectivity index (χ3v) is 4.66. The molecule has 0 radical (unpaired) electrons. The lowest BCUT2D eigenvalue weighted by Gasteiger charge is -2.20. The van der Waals surface area contributed by atoms with Crippen LogP contribution in [0.3, 0.4) is 0 Å². The molecule has 1 fully saturated rings. The van der Waals surface area contributed by atoms with Gasteiger partial charge < -0.3 is 14.7 Å². The maximum Gasteiger partial charge on any atom is 0.119 e. The van der Waals surface area contributed by atoms with Crippen LogP contribution >= 0.6 is 0 Å². The number of nitrogens with zero attached hydrogens (tertiary/aromatic N) is 2. The minimum atomic E-state index is -0.506. The molecule has 0 spiro atoms. The van der Waals surface area contributed by atoms with Gasteiger partial charge in [-0.05, 0) is 42.1 Å². The number of nitriles is 1. The van der Waals surface area contributed by atoms with E-state index in [2.05, 4.69) is 35.2 Å². The molecule has 1 heterocycles. The minimum Gasteiger partial charge on any atom is -0.491 e. The Labute approximate surface area is 149 Å². The summed E-state index contributed by atoms with van der Waals surface area (Å²) in [6, 6.07) is 20.2. The molecule has 3 rings (SSSR count). The quantitative estimate of drug-likeness (QED) is 0.844. The van der Waals surface area contributed by atoms with E-state index in [1.54, 1.807) is 0 Å². The van der Waals surface area contributed by atoms with Crippen LogP contribution in [0.25, 0.3) is 0 Å². The van der Waals surface area contributed by atoms with Gasteiger partial charge in [-0.15, -0.1) is 0 Å². The number of β-amino-alcohol motifs (C(OH)–C–C–N with tert-alkyl or cyclic N) is 1. The first kappa shape index (κ1) is 17.5. The highest BCUT2D eigenvalue weighted by atomic mass is 16.5. The molecule has 1 aliphatic rings. The highest BCUT2D eigenvalue weighted by Crippen LogP contribution is 2.26. The zero-order valence-corrected chi connectivity index (χ0v) is 14.3. The molecule has 1 N–H and O–H groups in total. The van der Waals surface area contributed by atoms with E-state index in [0.29, 0.717) is 18.9 Å². The van der Waals surface area contributed by atoms with Gasteiger partial charge in [0.05, 0.1) is 12.5 Å². The molecular weight excluding hydrogens is 312 g/mol. The highest BCUT2D eigenvalue weighted by molar-refractivity contribution is 5.28. The molecule has 0 unspecified atom stereocenters. The first-order chi connectivity index (χ1) is 12.2. The summed E-state index contributed by atoms with van der Waals surface area (Å²) >= 11 is 0. The molecule has 4 heteroatoms. The molecule has 0 aromatic heterocycles. The standard InChI is InChI=1S/C21H24N2O2/c22-12-10-17-6-8-21(9-7-17)25-16-20(24)15-23-13-11-19(14-23)18-4-2-1-3-5-18/h1-9,19-20,24H,10-11,13-16H2/t19-,20-/m0/s1. The second-order valence-electron chi connectivity index (χ2n) is 6.60. The van der Waals surface area contributed by atoms with E-state index in [4.69, 9.17) is 10.00 Å². The van der Waals surface area contributed by atoms with E-state index < -0.39 is 6.10 Å². The number of benzene rings is 2.